The minimum atomic E-state index is -0.328. The van der Waals surface area contributed by atoms with E-state index in [0.717, 1.165) is 35.1 Å². The molecule has 1 aromatic carbocycles. The van der Waals surface area contributed by atoms with Crippen molar-refractivity contribution in [2.45, 2.75) is 36.2 Å². The fourth-order valence-electron chi connectivity index (χ4n) is 2.54. The second-order valence-corrected chi connectivity index (χ2v) is 7.15. The molecule has 0 aliphatic heterocycles. The van der Waals surface area contributed by atoms with E-state index in [2.05, 4.69) is 14.8 Å². The lowest BCUT2D eigenvalue weighted by Crippen LogP contribution is -2.05. The second-order valence-electron chi connectivity index (χ2n) is 5.80. The Labute approximate surface area is 148 Å². The Kier molecular flexibility index (Phi) is 4.33. The Balaban J connectivity index is 1.56. The third kappa shape index (κ3) is 3.35. The summed E-state index contributed by atoms with van der Waals surface area (Å²) in [6.45, 7) is 0.616. The maximum Gasteiger partial charge on any atom is 0.191 e. The number of hydrogen-bond acceptors (Lipinski definition) is 4. The number of aromatic nitrogens is 3. The average Bonchev–Trinajstić information content (AvgIpc) is 3.13. The van der Waals surface area contributed by atoms with Crippen molar-refractivity contribution < 1.29 is 8.81 Å². The number of benzene rings is 1. The zero-order valence-corrected chi connectivity index (χ0v) is 14.4. The van der Waals surface area contributed by atoms with E-state index in [0.29, 0.717) is 23.2 Å². The average molecular weight is 364 g/mol. The monoisotopic (exact) mass is 363 g/mol. The second kappa shape index (κ2) is 6.61. The van der Waals surface area contributed by atoms with Gasteiger partial charge in [-0.2, -0.15) is 0 Å². The quantitative estimate of drug-likeness (QED) is 0.585. The van der Waals surface area contributed by atoms with Gasteiger partial charge < -0.3 is 4.42 Å². The molecule has 2 heterocycles. The summed E-state index contributed by atoms with van der Waals surface area (Å²) in [5, 5.41) is 9.96. The first-order valence-electron chi connectivity index (χ1n) is 7.73. The molecule has 0 saturated heterocycles. The lowest BCUT2D eigenvalue weighted by atomic mass is 10.2. The van der Waals surface area contributed by atoms with Crippen molar-refractivity contribution in [1.29, 1.82) is 0 Å². The van der Waals surface area contributed by atoms with Gasteiger partial charge in [0.1, 0.15) is 17.4 Å². The highest BCUT2D eigenvalue weighted by atomic mass is 35.5. The summed E-state index contributed by atoms with van der Waals surface area (Å²) in [5.74, 6) is 2.67. The zero-order valence-electron chi connectivity index (χ0n) is 12.8. The van der Waals surface area contributed by atoms with Gasteiger partial charge in [-0.25, -0.2) is 4.39 Å². The van der Waals surface area contributed by atoms with Crippen LogP contribution in [0.5, 0.6) is 0 Å². The topological polar surface area (TPSA) is 43.9 Å². The first-order chi connectivity index (χ1) is 11.7. The fourth-order valence-corrected chi connectivity index (χ4v) is 3.80. The highest BCUT2D eigenvalue weighted by Crippen LogP contribution is 2.40. The smallest absolute Gasteiger partial charge is 0.191 e. The van der Waals surface area contributed by atoms with Gasteiger partial charge in [0.05, 0.1) is 12.8 Å². The van der Waals surface area contributed by atoms with Crippen LogP contribution in [0.4, 0.5) is 4.39 Å². The van der Waals surface area contributed by atoms with Crippen LogP contribution in [0.3, 0.4) is 0 Å². The van der Waals surface area contributed by atoms with Crippen LogP contribution in [-0.4, -0.2) is 14.8 Å². The molecule has 0 radical (unpaired) electrons. The molecule has 4 rings (SSSR count). The number of furan rings is 1. The molecule has 0 N–H and O–H groups in total. The molecule has 1 fully saturated rings. The van der Waals surface area contributed by atoms with Crippen LogP contribution in [0.15, 0.2) is 46.2 Å². The van der Waals surface area contributed by atoms with Crippen molar-refractivity contribution in [1.82, 2.24) is 14.8 Å². The summed E-state index contributed by atoms with van der Waals surface area (Å²) in [6, 6.07) is 8.29. The molecule has 0 unspecified atom stereocenters. The van der Waals surface area contributed by atoms with E-state index in [1.54, 1.807) is 24.1 Å². The number of nitrogens with zero attached hydrogens (tertiary/aromatic N) is 3. The van der Waals surface area contributed by atoms with E-state index in [4.69, 9.17) is 16.0 Å². The van der Waals surface area contributed by atoms with Gasteiger partial charge >= 0.3 is 0 Å². The minimum Gasteiger partial charge on any atom is -0.467 e. The van der Waals surface area contributed by atoms with Crippen molar-refractivity contribution in [2.24, 2.45) is 0 Å². The van der Waals surface area contributed by atoms with Crippen molar-refractivity contribution >= 4 is 23.4 Å². The molecule has 24 heavy (non-hydrogen) atoms. The highest BCUT2D eigenvalue weighted by molar-refractivity contribution is 7.98. The van der Waals surface area contributed by atoms with Crippen LogP contribution in [0, 0.1) is 5.82 Å². The predicted octanol–water partition coefficient (Wildman–Crippen LogP) is 4.88. The van der Waals surface area contributed by atoms with E-state index >= 15 is 0 Å². The molecule has 1 aliphatic rings. The Bertz CT molecular complexity index is 846. The minimum absolute atomic E-state index is 0.328. The van der Waals surface area contributed by atoms with Gasteiger partial charge in [-0.15, -0.1) is 10.2 Å². The van der Waals surface area contributed by atoms with Gasteiger partial charge in [-0.1, -0.05) is 29.4 Å². The van der Waals surface area contributed by atoms with Crippen molar-refractivity contribution in [3.63, 3.8) is 0 Å². The molecule has 124 valence electrons. The van der Waals surface area contributed by atoms with E-state index in [1.807, 2.05) is 12.1 Å². The van der Waals surface area contributed by atoms with Crippen LogP contribution in [0.2, 0.25) is 5.02 Å². The predicted molar refractivity (Wildman–Crippen MR) is 90.8 cm³/mol. The maximum atomic E-state index is 13.2. The Morgan fingerprint density at radius 2 is 2.17 bits per heavy atom. The zero-order chi connectivity index (χ0) is 16.5. The van der Waals surface area contributed by atoms with Gasteiger partial charge in [-0.05, 0) is 42.7 Å². The molecule has 1 aliphatic carbocycles. The molecule has 7 heteroatoms. The van der Waals surface area contributed by atoms with E-state index in [-0.39, 0.29) is 5.82 Å². The molecule has 0 amide bonds. The summed E-state index contributed by atoms with van der Waals surface area (Å²) in [6.07, 6.45) is 3.98. The molecule has 2 aromatic heterocycles. The Hall–Kier alpha value is -1.79. The number of hydrogen-bond donors (Lipinski definition) is 0. The van der Waals surface area contributed by atoms with Crippen molar-refractivity contribution in [3.8, 4) is 0 Å². The molecular weight excluding hydrogens is 349 g/mol. The molecular formula is C17H15ClFN3OS. The van der Waals surface area contributed by atoms with Gasteiger partial charge in [0.15, 0.2) is 5.16 Å². The first-order valence-corrected chi connectivity index (χ1v) is 9.09. The van der Waals surface area contributed by atoms with E-state index in [9.17, 15) is 4.39 Å². The lowest BCUT2D eigenvalue weighted by molar-refractivity contribution is 0.478. The summed E-state index contributed by atoms with van der Waals surface area (Å²) in [5.41, 5.74) is 0.878. The Morgan fingerprint density at radius 3 is 2.88 bits per heavy atom. The SMILES string of the molecule is Fc1ccc(CSc2nnc(C3CC3)n2Cc2ccco2)c(Cl)c1. The van der Waals surface area contributed by atoms with Crippen LogP contribution in [0.1, 0.15) is 35.9 Å². The lowest BCUT2D eigenvalue weighted by Gasteiger charge is -2.09. The maximum absolute atomic E-state index is 13.2. The molecule has 4 nitrogen and oxygen atoms in total. The number of thioether (sulfide) groups is 1. The normalized spacial score (nSPS) is 14.2. The van der Waals surface area contributed by atoms with Gasteiger partial charge in [0, 0.05) is 16.7 Å². The summed E-state index contributed by atoms with van der Waals surface area (Å²) in [7, 11) is 0. The summed E-state index contributed by atoms with van der Waals surface area (Å²) < 4.78 is 20.7. The van der Waals surface area contributed by atoms with E-state index in [1.165, 1.54) is 12.1 Å². The van der Waals surface area contributed by atoms with Crippen molar-refractivity contribution in [2.75, 3.05) is 0 Å². The third-order valence-corrected chi connectivity index (χ3v) is 5.32. The Morgan fingerprint density at radius 1 is 1.29 bits per heavy atom. The summed E-state index contributed by atoms with van der Waals surface area (Å²) >= 11 is 7.65. The molecule has 0 spiro atoms. The largest absolute Gasteiger partial charge is 0.467 e. The number of rotatable bonds is 6. The van der Waals surface area contributed by atoms with Crippen LogP contribution in [-0.2, 0) is 12.3 Å². The van der Waals surface area contributed by atoms with Gasteiger partial charge in [0.25, 0.3) is 0 Å². The molecule has 3 aromatic rings. The van der Waals surface area contributed by atoms with Crippen molar-refractivity contribution in [3.05, 3.63) is 64.6 Å². The fraction of sp³-hybridized carbons (Fsp3) is 0.294. The van der Waals surface area contributed by atoms with Gasteiger partial charge in [-0.3, -0.25) is 4.57 Å². The van der Waals surface area contributed by atoms with Crippen LogP contribution in [0.25, 0.3) is 0 Å². The van der Waals surface area contributed by atoms with Gasteiger partial charge in [0.2, 0.25) is 0 Å². The molecule has 0 bridgehead atoms. The first kappa shape index (κ1) is 15.7. The van der Waals surface area contributed by atoms with Crippen LogP contribution < -0.4 is 0 Å². The molecule has 0 atom stereocenters. The highest BCUT2D eigenvalue weighted by Gasteiger charge is 2.30. The summed E-state index contributed by atoms with van der Waals surface area (Å²) in [4.78, 5) is 0. The molecule has 1 saturated carbocycles. The third-order valence-electron chi connectivity index (χ3n) is 3.95. The standard InChI is InChI=1S/C17H15ClFN3OS/c18-15-8-13(19)6-5-12(15)10-24-17-21-20-16(11-3-4-11)22(17)9-14-2-1-7-23-14/h1-2,5-8,11H,3-4,9-10H2. The van der Waals surface area contributed by atoms with Crippen LogP contribution >= 0.6 is 23.4 Å². The number of halogens is 2. The van der Waals surface area contributed by atoms with E-state index < -0.39 is 0 Å².